The number of rotatable bonds is 5. The van der Waals surface area contributed by atoms with Crippen LogP contribution in [0.2, 0.25) is 0 Å². The molecule has 0 aliphatic rings. The third-order valence-electron chi connectivity index (χ3n) is 2.88. The molecule has 1 N–H and O–H groups in total. The predicted octanol–water partition coefficient (Wildman–Crippen LogP) is 1.86. The molecule has 2 aromatic rings. The van der Waals surface area contributed by atoms with Gasteiger partial charge in [-0.05, 0) is 26.0 Å². The van der Waals surface area contributed by atoms with E-state index in [1.807, 2.05) is 19.9 Å². The van der Waals surface area contributed by atoms with E-state index in [9.17, 15) is 4.79 Å². The summed E-state index contributed by atoms with van der Waals surface area (Å²) in [6.07, 6.45) is 0. The summed E-state index contributed by atoms with van der Waals surface area (Å²) in [6, 6.07) is 8.76. The summed E-state index contributed by atoms with van der Waals surface area (Å²) < 4.78 is 10.7. The molecule has 1 amide bonds. The van der Waals surface area contributed by atoms with Crippen LogP contribution in [0.3, 0.4) is 0 Å². The summed E-state index contributed by atoms with van der Waals surface area (Å²) in [5.41, 5.74) is 1.20. The fraction of sp³-hybridized carbons (Fsp3) is 0.267. The highest BCUT2D eigenvalue weighted by molar-refractivity contribution is 5.77. The maximum Gasteiger partial charge on any atom is 0.258 e. The van der Waals surface area contributed by atoms with Crippen molar-refractivity contribution in [3.05, 3.63) is 47.2 Å². The summed E-state index contributed by atoms with van der Waals surface area (Å²) >= 11 is 0. The topological polar surface area (TPSA) is 88.1 Å². The number of nitriles is 1. The van der Waals surface area contributed by atoms with Crippen molar-refractivity contribution in [3.63, 3.8) is 0 Å². The number of ether oxygens (including phenoxy) is 1. The smallest absolute Gasteiger partial charge is 0.258 e. The first kappa shape index (κ1) is 14.6. The average molecular weight is 285 g/mol. The Hall–Kier alpha value is -2.81. The lowest BCUT2D eigenvalue weighted by atomic mass is 10.2. The molecule has 0 bridgehead atoms. The van der Waals surface area contributed by atoms with Gasteiger partial charge in [0, 0.05) is 0 Å². The molecule has 1 aromatic heterocycles. The van der Waals surface area contributed by atoms with Crippen molar-refractivity contribution in [2.24, 2.45) is 0 Å². The van der Waals surface area contributed by atoms with Crippen molar-refractivity contribution in [2.75, 3.05) is 6.61 Å². The van der Waals surface area contributed by atoms with Crippen molar-refractivity contribution in [2.45, 2.75) is 20.4 Å². The molecule has 0 saturated carbocycles. The molecule has 0 spiro atoms. The SMILES string of the molecule is Cc1nc(CNC(=O)COc2ccccc2C#N)oc1C. The van der Waals surface area contributed by atoms with Crippen LogP contribution >= 0.6 is 0 Å². The fourth-order valence-corrected chi connectivity index (χ4v) is 1.67. The third-order valence-corrected chi connectivity index (χ3v) is 2.88. The molecular formula is C15H15N3O3. The van der Waals surface area contributed by atoms with Crippen molar-refractivity contribution in [3.8, 4) is 11.8 Å². The standard InChI is InChI=1S/C15H15N3O3/c1-10-11(2)21-15(18-10)8-17-14(19)9-20-13-6-4-3-5-12(13)7-16/h3-6H,8-9H2,1-2H3,(H,17,19). The molecule has 0 atom stereocenters. The Morgan fingerprint density at radius 2 is 2.19 bits per heavy atom. The van der Waals surface area contributed by atoms with Crippen LogP contribution in [-0.2, 0) is 11.3 Å². The Balaban J connectivity index is 1.84. The molecule has 2 rings (SSSR count). The van der Waals surface area contributed by atoms with E-state index < -0.39 is 0 Å². The van der Waals surface area contributed by atoms with Gasteiger partial charge in [-0.3, -0.25) is 4.79 Å². The first-order valence-electron chi connectivity index (χ1n) is 6.41. The Bertz CT molecular complexity index is 666. The maximum absolute atomic E-state index is 11.7. The summed E-state index contributed by atoms with van der Waals surface area (Å²) in [7, 11) is 0. The summed E-state index contributed by atoms with van der Waals surface area (Å²) in [5.74, 6) is 1.27. The highest BCUT2D eigenvalue weighted by Crippen LogP contribution is 2.16. The van der Waals surface area contributed by atoms with Crippen LogP contribution in [0.5, 0.6) is 5.75 Å². The molecule has 1 heterocycles. The minimum atomic E-state index is -0.309. The fourth-order valence-electron chi connectivity index (χ4n) is 1.67. The predicted molar refractivity (Wildman–Crippen MR) is 74.5 cm³/mol. The molecule has 6 heteroatoms. The number of hydrogen-bond donors (Lipinski definition) is 1. The van der Waals surface area contributed by atoms with Crippen molar-refractivity contribution in [1.82, 2.24) is 10.3 Å². The lowest BCUT2D eigenvalue weighted by Gasteiger charge is -2.07. The van der Waals surface area contributed by atoms with E-state index >= 15 is 0 Å². The average Bonchev–Trinajstić information content (AvgIpc) is 2.82. The molecule has 0 fully saturated rings. The molecule has 0 saturated heterocycles. The van der Waals surface area contributed by atoms with Gasteiger partial charge in [0.2, 0.25) is 5.89 Å². The monoisotopic (exact) mass is 285 g/mol. The number of aromatic nitrogens is 1. The minimum Gasteiger partial charge on any atom is -0.482 e. The van der Waals surface area contributed by atoms with E-state index in [-0.39, 0.29) is 19.1 Å². The molecule has 0 aliphatic carbocycles. The number of carbonyl (C=O) groups is 1. The molecular weight excluding hydrogens is 270 g/mol. The largest absolute Gasteiger partial charge is 0.482 e. The number of oxazole rings is 1. The zero-order valence-corrected chi connectivity index (χ0v) is 11.8. The summed E-state index contributed by atoms with van der Waals surface area (Å²) in [6.45, 7) is 3.69. The number of aryl methyl sites for hydroxylation is 2. The van der Waals surface area contributed by atoms with Gasteiger partial charge >= 0.3 is 0 Å². The molecule has 21 heavy (non-hydrogen) atoms. The van der Waals surface area contributed by atoms with E-state index in [1.165, 1.54) is 0 Å². The summed E-state index contributed by atoms with van der Waals surface area (Å²) in [4.78, 5) is 15.9. The molecule has 6 nitrogen and oxygen atoms in total. The molecule has 1 aromatic carbocycles. The number of para-hydroxylation sites is 1. The van der Waals surface area contributed by atoms with E-state index in [0.717, 1.165) is 11.5 Å². The van der Waals surface area contributed by atoms with E-state index in [1.54, 1.807) is 24.3 Å². The van der Waals surface area contributed by atoms with Gasteiger partial charge in [0.1, 0.15) is 17.6 Å². The van der Waals surface area contributed by atoms with Crippen molar-refractivity contribution >= 4 is 5.91 Å². The Kier molecular flexibility index (Phi) is 4.57. The zero-order chi connectivity index (χ0) is 15.2. The lowest BCUT2D eigenvalue weighted by molar-refractivity contribution is -0.123. The third kappa shape index (κ3) is 3.83. The zero-order valence-electron chi connectivity index (χ0n) is 11.8. The molecule has 0 aliphatic heterocycles. The van der Waals surface area contributed by atoms with Gasteiger partial charge in [-0.2, -0.15) is 5.26 Å². The van der Waals surface area contributed by atoms with E-state index in [0.29, 0.717) is 17.2 Å². The number of carbonyl (C=O) groups excluding carboxylic acids is 1. The molecule has 0 radical (unpaired) electrons. The maximum atomic E-state index is 11.7. The second-order valence-corrected chi connectivity index (χ2v) is 4.42. The van der Waals surface area contributed by atoms with Gasteiger partial charge < -0.3 is 14.5 Å². The quantitative estimate of drug-likeness (QED) is 0.905. The van der Waals surface area contributed by atoms with E-state index in [2.05, 4.69) is 10.3 Å². The van der Waals surface area contributed by atoms with Gasteiger partial charge in [0.05, 0.1) is 17.8 Å². The van der Waals surface area contributed by atoms with Crippen LogP contribution in [0.1, 0.15) is 22.9 Å². The van der Waals surface area contributed by atoms with Crippen LogP contribution in [0.4, 0.5) is 0 Å². The van der Waals surface area contributed by atoms with Crippen LogP contribution < -0.4 is 10.1 Å². The van der Waals surface area contributed by atoms with Gasteiger partial charge in [0.15, 0.2) is 6.61 Å². The number of nitrogens with one attached hydrogen (secondary N) is 1. The minimum absolute atomic E-state index is 0.169. The van der Waals surface area contributed by atoms with Crippen LogP contribution in [-0.4, -0.2) is 17.5 Å². The van der Waals surface area contributed by atoms with Crippen LogP contribution in [0.15, 0.2) is 28.7 Å². The highest BCUT2D eigenvalue weighted by Gasteiger charge is 2.09. The van der Waals surface area contributed by atoms with Gasteiger partial charge in [-0.25, -0.2) is 4.98 Å². The van der Waals surface area contributed by atoms with Crippen LogP contribution in [0.25, 0.3) is 0 Å². The Morgan fingerprint density at radius 3 is 2.86 bits per heavy atom. The Morgan fingerprint density at radius 1 is 1.43 bits per heavy atom. The van der Waals surface area contributed by atoms with Crippen molar-refractivity contribution < 1.29 is 13.9 Å². The number of hydrogen-bond acceptors (Lipinski definition) is 5. The number of nitrogens with zero attached hydrogens (tertiary/aromatic N) is 2. The van der Waals surface area contributed by atoms with Crippen molar-refractivity contribution in [1.29, 1.82) is 5.26 Å². The second-order valence-electron chi connectivity index (χ2n) is 4.42. The first-order chi connectivity index (χ1) is 10.1. The Labute approximate surface area is 122 Å². The normalized spacial score (nSPS) is 9.95. The van der Waals surface area contributed by atoms with Gasteiger partial charge in [-0.15, -0.1) is 0 Å². The highest BCUT2D eigenvalue weighted by atomic mass is 16.5. The van der Waals surface area contributed by atoms with E-state index in [4.69, 9.17) is 14.4 Å². The molecule has 0 unspecified atom stereocenters. The summed E-state index contributed by atoms with van der Waals surface area (Å²) in [5, 5.41) is 11.6. The van der Waals surface area contributed by atoms with Gasteiger partial charge in [0.25, 0.3) is 5.91 Å². The van der Waals surface area contributed by atoms with Crippen LogP contribution in [0, 0.1) is 25.2 Å². The van der Waals surface area contributed by atoms with Gasteiger partial charge in [-0.1, -0.05) is 12.1 Å². The first-order valence-corrected chi connectivity index (χ1v) is 6.41. The lowest BCUT2D eigenvalue weighted by Crippen LogP contribution is -2.28. The number of benzene rings is 1. The molecule has 108 valence electrons. The second kappa shape index (κ2) is 6.57. The number of amides is 1.